The molecule has 1 heterocycles. The van der Waals surface area contributed by atoms with Gasteiger partial charge in [0.1, 0.15) is 11.3 Å². The number of rotatable bonds is 4. The summed E-state index contributed by atoms with van der Waals surface area (Å²) in [6, 6.07) is 12.3. The van der Waals surface area contributed by atoms with Crippen molar-refractivity contribution in [2.45, 2.75) is 18.9 Å². The van der Waals surface area contributed by atoms with E-state index < -0.39 is 5.82 Å². The van der Waals surface area contributed by atoms with Gasteiger partial charge in [-0.3, -0.25) is 0 Å². The monoisotopic (exact) mass is 304 g/mol. The molecule has 108 valence electrons. The summed E-state index contributed by atoms with van der Waals surface area (Å²) in [5.74, 6) is 0.0946. The van der Waals surface area contributed by atoms with Gasteiger partial charge in [-0.25, -0.2) is 9.37 Å². The molecule has 0 aliphatic rings. The van der Waals surface area contributed by atoms with Crippen LogP contribution in [0.2, 0.25) is 5.02 Å². The Kier molecular flexibility index (Phi) is 3.90. The number of fused-ring (bicyclic) bond motifs is 1. The van der Waals surface area contributed by atoms with Crippen molar-refractivity contribution in [1.29, 1.82) is 0 Å². The van der Waals surface area contributed by atoms with Crippen molar-refractivity contribution in [2.24, 2.45) is 5.73 Å². The molecule has 0 aliphatic carbocycles. The van der Waals surface area contributed by atoms with Gasteiger partial charge in [0.25, 0.3) is 0 Å². The Morgan fingerprint density at radius 1 is 1.24 bits per heavy atom. The van der Waals surface area contributed by atoms with Gasteiger partial charge < -0.3 is 10.2 Å². The minimum Gasteiger partial charge on any atom is -0.439 e. The Labute approximate surface area is 126 Å². The molecule has 0 saturated heterocycles. The molecular weight excluding hydrogens is 291 g/mol. The number of aromatic nitrogens is 1. The Balaban J connectivity index is 1.75. The molecule has 0 bridgehead atoms. The van der Waals surface area contributed by atoms with E-state index in [2.05, 4.69) is 4.98 Å². The predicted molar refractivity (Wildman–Crippen MR) is 80.7 cm³/mol. The highest BCUT2D eigenvalue weighted by Gasteiger charge is 2.13. The van der Waals surface area contributed by atoms with E-state index in [1.165, 1.54) is 12.1 Å². The fraction of sp³-hybridized carbons (Fsp3) is 0.188. The first kappa shape index (κ1) is 14.0. The summed E-state index contributed by atoms with van der Waals surface area (Å²) in [7, 11) is 0. The van der Waals surface area contributed by atoms with Crippen molar-refractivity contribution in [3.8, 4) is 0 Å². The third kappa shape index (κ3) is 3.06. The maximum atomic E-state index is 13.3. The van der Waals surface area contributed by atoms with E-state index in [-0.39, 0.29) is 11.1 Å². The van der Waals surface area contributed by atoms with E-state index in [0.717, 1.165) is 5.56 Å². The number of benzene rings is 2. The quantitative estimate of drug-likeness (QED) is 0.784. The lowest BCUT2D eigenvalue weighted by Crippen LogP contribution is -2.11. The zero-order valence-electron chi connectivity index (χ0n) is 11.2. The first-order valence-electron chi connectivity index (χ1n) is 6.68. The average molecular weight is 305 g/mol. The summed E-state index contributed by atoms with van der Waals surface area (Å²) in [5, 5.41) is 0.233. The van der Waals surface area contributed by atoms with Crippen molar-refractivity contribution < 1.29 is 8.81 Å². The number of hydrogen-bond donors (Lipinski definition) is 1. The minimum absolute atomic E-state index is 0.0894. The molecule has 2 N–H and O–H groups in total. The molecule has 0 saturated carbocycles. The highest BCUT2D eigenvalue weighted by molar-refractivity contribution is 6.34. The van der Waals surface area contributed by atoms with Crippen LogP contribution in [-0.2, 0) is 6.42 Å². The maximum absolute atomic E-state index is 13.3. The second-order valence-electron chi connectivity index (χ2n) is 4.90. The van der Waals surface area contributed by atoms with Crippen LogP contribution in [0.5, 0.6) is 0 Å². The van der Waals surface area contributed by atoms with Crippen molar-refractivity contribution in [3.63, 3.8) is 0 Å². The van der Waals surface area contributed by atoms with Crippen LogP contribution in [0.4, 0.5) is 4.39 Å². The summed E-state index contributed by atoms with van der Waals surface area (Å²) in [4.78, 5) is 4.25. The Bertz CT molecular complexity index is 758. The van der Waals surface area contributed by atoms with E-state index in [1.807, 2.05) is 30.3 Å². The van der Waals surface area contributed by atoms with Crippen LogP contribution in [0.3, 0.4) is 0 Å². The summed E-state index contributed by atoms with van der Waals surface area (Å²) >= 11 is 5.94. The lowest BCUT2D eigenvalue weighted by molar-refractivity contribution is 0.501. The third-order valence-electron chi connectivity index (χ3n) is 3.35. The molecule has 0 fully saturated rings. The molecule has 1 aromatic heterocycles. The number of aryl methyl sites for hydroxylation is 1. The molecule has 1 atom stereocenters. The van der Waals surface area contributed by atoms with E-state index in [4.69, 9.17) is 21.8 Å². The van der Waals surface area contributed by atoms with Gasteiger partial charge in [0.15, 0.2) is 11.5 Å². The molecule has 3 rings (SSSR count). The average Bonchev–Trinajstić information content (AvgIpc) is 2.89. The highest BCUT2D eigenvalue weighted by Crippen LogP contribution is 2.27. The van der Waals surface area contributed by atoms with Gasteiger partial charge in [-0.15, -0.1) is 0 Å². The van der Waals surface area contributed by atoms with Crippen LogP contribution in [0.25, 0.3) is 11.1 Å². The van der Waals surface area contributed by atoms with Gasteiger partial charge in [-0.05, 0) is 18.1 Å². The fourth-order valence-electron chi connectivity index (χ4n) is 2.26. The molecule has 0 radical (unpaired) electrons. The standard InChI is InChI=1S/C16H14ClFN2O/c17-12-8-11(18)9-14-16(12)21-15(20-14)7-6-13(19)10-4-2-1-3-5-10/h1-5,8-9,13H,6-7,19H2. The second kappa shape index (κ2) is 5.84. The topological polar surface area (TPSA) is 52.0 Å². The van der Waals surface area contributed by atoms with Crippen LogP contribution in [0, 0.1) is 5.82 Å². The third-order valence-corrected chi connectivity index (χ3v) is 3.63. The second-order valence-corrected chi connectivity index (χ2v) is 5.31. The lowest BCUT2D eigenvalue weighted by atomic mass is 10.0. The molecular formula is C16H14ClFN2O. The van der Waals surface area contributed by atoms with Crippen LogP contribution in [0.15, 0.2) is 46.9 Å². The number of hydrogen-bond acceptors (Lipinski definition) is 3. The Morgan fingerprint density at radius 2 is 2.00 bits per heavy atom. The summed E-state index contributed by atoms with van der Waals surface area (Å²) in [6.07, 6.45) is 1.26. The normalized spacial score (nSPS) is 12.7. The minimum atomic E-state index is -0.423. The van der Waals surface area contributed by atoms with E-state index in [0.29, 0.717) is 29.8 Å². The van der Waals surface area contributed by atoms with Crippen LogP contribution in [-0.4, -0.2) is 4.98 Å². The molecule has 0 aliphatic heterocycles. The summed E-state index contributed by atoms with van der Waals surface area (Å²) in [6.45, 7) is 0. The van der Waals surface area contributed by atoms with E-state index in [9.17, 15) is 4.39 Å². The number of nitrogens with two attached hydrogens (primary N) is 1. The van der Waals surface area contributed by atoms with Gasteiger partial charge in [-0.2, -0.15) is 0 Å². The number of halogens is 2. The molecule has 21 heavy (non-hydrogen) atoms. The van der Waals surface area contributed by atoms with Crippen molar-refractivity contribution >= 4 is 22.7 Å². The molecule has 0 spiro atoms. The van der Waals surface area contributed by atoms with Crippen LogP contribution >= 0.6 is 11.6 Å². The van der Waals surface area contributed by atoms with Crippen molar-refractivity contribution in [3.05, 3.63) is 64.8 Å². The first-order chi connectivity index (χ1) is 10.1. The smallest absolute Gasteiger partial charge is 0.195 e. The van der Waals surface area contributed by atoms with Crippen molar-refractivity contribution in [2.75, 3.05) is 0 Å². The molecule has 3 aromatic rings. The zero-order valence-corrected chi connectivity index (χ0v) is 12.0. The first-order valence-corrected chi connectivity index (χ1v) is 7.06. The molecule has 5 heteroatoms. The van der Waals surface area contributed by atoms with Gasteiger partial charge in [-0.1, -0.05) is 41.9 Å². The largest absolute Gasteiger partial charge is 0.439 e. The molecule has 1 unspecified atom stereocenters. The Hall–Kier alpha value is -1.91. The molecule has 0 amide bonds. The molecule has 2 aromatic carbocycles. The summed E-state index contributed by atoms with van der Waals surface area (Å²) < 4.78 is 18.8. The summed E-state index contributed by atoms with van der Waals surface area (Å²) in [5.41, 5.74) is 8.05. The van der Waals surface area contributed by atoms with Gasteiger partial charge >= 0.3 is 0 Å². The molecule has 3 nitrogen and oxygen atoms in total. The zero-order chi connectivity index (χ0) is 14.8. The highest BCUT2D eigenvalue weighted by atomic mass is 35.5. The van der Waals surface area contributed by atoms with Gasteiger partial charge in [0.05, 0.1) is 5.02 Å². The maximum Gasteiger partial charge on any atom is 0.195 e. The van der Waals surface area contributed by atoms with E-state index in [1.54, 1.807) is 0 Å². The van der Waals surface area contributed by atoms with Crippen LogP contribution < -0.4 is 5.73 Å². The van der Waals surface area contributed by atoms with Crippen LogP contribution in [0.1, 0.15) is 23.9 Å². The van der Waals surface area contributed by atoms with E-state index >= 15 is 0 Å². The lowest BCUT2D eigenvalue weighted by Gasteiger charge is -2.10. The Morgan fingerprint density at radius 3 is 2.76 bits per heavy atom. The van der Waals surface area contributed by atoms with Gasteiger partial charge in [0.2, 0.25) is 0 Å². The van der Waals surface area contributed by atoms with Gasteiger partial charge in [0, 0.05) is 18.5 Å². The number of nitrogens with zero attached hydrogens (tertiary/aromatic N) is 1. The van der Waals surface area contributed by atoms with Crippen molar-refractivity contribution in [1.82, 2.24) is 4.98 Å². The fourth-order valence-corrected chi connectivity index (χ4v) is 2.50. The predicted octanol–water partition coefficient (Wildman–Crippen LogP) is 4.25. The SMILES string of the molecule is NC(CCc1nc2cc(F)cc(Cl)c2o1)c1ccccc1. The number of oxazole rings is 1.